The molecule has 0 radical (unpaired) electrons. The molecule has 0 amide bonds. The van der Waals surface area contributed by atoms with E-state index in [1.54, 1.807) is 0 Å². The third-order valence-electron chi connectivity index (χ3n) is 6.26. The van der Waals surface area contributed by atoms with Crippen molar-refractivity contribution in [1.82, 2.24) is 19.0 Å². The summed E-state index contributed by atoms with van der Waals surface area (Å²) in [4.78, 5) is 13.2. The zero-order valence-electron chi connectivity index (χ0n) is 19.8. The molecule has 15 heteroatoms. The number of imidazole rings is 1. The van der Waals surface area contributed by atoms with Crippen LogP contribution in [0.1, 0.15) is 18.2 Å². The van der Waals surface area contributed by atoms with Crippen LogP contribution in [0.3, 0.4) is 0 Å². The summed E-state index contributed by atoms with van der Waals surface area (Å²) >= 11 is 0. The lowest BCUT2D eigenvalue weighted by Crippen LogP contribution is -2.45. The van der Waals surface area contributed by atoms with E-state index in [9.17, 15) is 26.4 Å². The predicted octanol–water partition coefficient (Wildman–Crippen LogP) is 3.42. The first kappa shape index (κ1) is 26.1. The van der Waals surface area contributed by atoms with Crippen LogP contribution in [0.5, 0.6) is 0 Å². The lowest BCUT2D eigenvalue weighted by molar-refractivity contribution is -0.0248. The van der Waals surface area contributed by atoms with E-state index >= 15 is 8.78 Å². The van der Waals surface area contributed by atoms with Gasteiger partial charge < -0.3 is 9.26 Å². The van der Waals surface area contributed by atoms with Crippen LogP contribution in [-0.2, 0) is 33.8 Å². The molecule has 0 fully saturated rings. The molecule has 1 atom stereocenters. The first-order valence-electron chi connectivity index (χ1n) is 11.1. The fraction of sp³-hybridized carbons (Fsp3) is 0.304. The number of hydrogen-bond donors (Lipinski definition) is 1. The van der Waals surface area contributed by atoms with Gasteiger partial charge in [-0.2, -0.15) is 8.78 Å². The molecule has 0 aliphatic carbocycles. The summed E-state index contributed by atoms with van der Waals surface area (Å²) < 4.78 is 111. The van der Waals surface area contributed by atoms with Crippen molar-refractivity contribution >= 4 is 21.0 Å². The Kier molecular flexibility index (Phi) is 6.19. The van der Waals surface area contributed by atoms with Gasteiger partial charge in [-0.3, -0.25) is 4.57 Å². The quantitative estimate of drug-likeness (QED) is 0.349. The van der Waals surface area contributed by atoms with Gasteiger partial charge >= 0.3 is 11.6 Å². The second kappa shape index (κ2) is 9.03. The van der Waals surface area contributed by atoms with Crippen molar-refractivity contribution in [3.8, 4) is 16.9 Å². The van der Waals surface area contributed by atoms with Gasteiger partial charge in [0.15, 0.2) is 11.4 Å². The van der Waals surface area contributed by atoms with E-state index in [-0.39, 0.29) is 29.0 Å². The summed E-state index contributed by atoms with van der Waals surface area (Å²) in [6.07, 6.45) is 0.768. The minimum absolute atomic E-state index is 0.00877. The maximum Gasteiger partial charge on any atom is 0.334 e. The van der Waals surface area contributed by atoms with E-state index in [4.69, 9.17) is 9.26 Å². The van der Waals surface area contributed by atoms with Crippen molar-refractivity contribution in [2.24, 2.45) is 0 Å². The van der Waals surface area contributed by atoms with Crippen molar-refractivity contribution in [3.05, 3.63) is 69.7 Å². The van der Waals surface area contributed by atoms with E-state index in [1.165, 1.54) is 26.2 Å². The fourth-order valence-electron chi connectivity index (χ4n) is 4.49. The van der Waals surface area contributed by atoms with Gasteiger partial charge in [0.25, 0.3) is 0 Å². The number of benzene rings is 2. The van der Waals surface area contributed by atoms with E-state index in [1.807, 2.05) is 4.72 Å². The number of halogens is 5. The number of methoxy groups -OCH3 is 1. The smallest absolute Gasteiger partial charge is 0.334 e. The Balaban J connectivity index is 1.71. The van der Waals surface area contributed by atoms with Gasteiger partial charge in [0.05, 0.1) is 29.9 Å². The van der Waals surface area contributed by atoms with E-state index < -0.39 is 68.7 Å². The molecular formula is C23H19F5N4O5S. The minimum atomic E-state index is -4.01. The van der Waals surface area contributed by atoms with Crippen LogP contribution in [0.15, 0.2) is 39.8 Å². The summed E-state index contributed by atoms with van der Waals surface area (Å²) in [5, 5.41) is 3.70. The predicted molar refractivity (Wildman–Crippen MR) is 124 cm³/mol. The summed E-state index contributed by atoms with van der Waals surface area (Å²) in [6.45, 7) is 0.598. The molecule has 202 valence electrons. The summed E-state index contributed by atoms with van der Waals surface area (Å²) in [6, 6.07) is 1.80. The van der Waals surface area contributed by atoms with Gasteiger partial charge in [0, 0.05) is 31.0 Å². The largest absolute Gasteiger partial charge is 0.380 e. The average Bonchev–Trinajstić information content (AvgIpc) is 3.46. The topological polar surface area (TPSA) is 108 Å². The lowest BCUT2D eigenvalue weighted by Gasteiger charge is -2.19. The number of alkyl halides is 2. The van der Waals surface area contributed by atoms with Crippen molar-refractivity contribution < 1.29 is 39.6 Å². The van der Waals surface area contributed by atoms with E-state index in [2.05, 4.69) is 5.16 Å². The fourth-order valence-corrected chi connectivity index (χ4v) is 5.31. The zero-order chi connectivity index (χ0) is 27.6. The van der Waals surface area contributed by atoms with Crippen molar-refractivity contribution in [2.75, 3.05) is 12.9 Å². The van der Waals surface area contributed by atoms with Crippen LogP contribution >= 0.6 is 0 Å². The molecule has 1 aliphatic heterocycles. The van der Waals surface area contributed by atoms with Crippen molar-refractivity contribution in [1.29, 1.82) is 0 Å². The van der Waals surface area contributed by atoms with Crippen LogP contribution in [-0.4, -0.2) is 41.6 Å². The van der Waals surface area contributed by atoms with Gasteiger partial charge in [-0.15, -0.1) is 0 Å². The Labute approximate surface area is 211 Å². The van der Waals surface area contributed by atoms with Gasteiger partial charge in [0.2, 0.25) is 10.0 Å². The minimum Gasteiger partial charge on any atom is -0.380 e. The van der Waals surface area contributed by atoms with Gasteiger partial charge in [0.1, 0.15) is 29.2 Å². The Morgan fingerprint density at radius 2 is 1.87 bits per heavy atom. The van der Waals surface area contributed by atoms with Crippen LogP contribution in [0, 0.1) is 17.5 Å². The Hall–Kier alpha value is -3.56. The molecule has 0 unspecified atom stereocenters. The lowest BCUT2D eigenvalue weighted by atomic mass is 9.97. The first-order valence-corrected chi connectivity index (χ1v) is 12.8. The normalized spacial score (nSPS) is 16.9. The maximum atomic E-state index is 15.2. The second-order valence-electron chi connectivity index (χ2n) is 8.67. The summed E-state index contributed by atoms with van der Waals surface area (Å²) in [7, 11) is -2.63. The molecule has 0 spiro atoms. The highest BCUT2D eigenvalue weighted by molar-refractivity contribution is 7.89. The third-order valence-corrected chi connectivity index (χ3v) is 7.66. The molecule has 3 heterocycles. The summed E-state index contributed by atoms with van der Waals surface area (Å²) in [5.41, 5.74) is -2.30. The Morgan fingerprint density at radius 3 is 2.47 bits per heavy atom. The summed E-state index contributed by atoms with van der Waals surface area (Å²) in [5.74, 6) is -8.22. The molecule has 9 nitrogen and oxygen atoms in total. The average molecular weight is 558 g/mol. The molecular weight excluding hydrogens is 539 g/mol. The van der Waals surface area contributed by atoms with Gasteiger partial charge in [-0.25, -0.2) is 35.7 Å². The Morgan fingerprint density at radius 1 is 1.18 bits per heavy atom. The van der Waals surface area contributed by atoms with Crippen LogP contribution < -0.4 is 10.4 Å². The molecule has 38 heavy (non-hydrogen) atoms. The van der Waals surface area contributed by atoms with Crippen LogP contribution in [0.2, 0.25) is 0 Å². The molecule has 1 aliphatic rings. The second-order valence-corrected chi connectivity index (χ2v) is 10.7. The highest BCUT2D eigenvalue weighted by atomic mass is 32.2. The molecule has 0 saturated heterocycles. The molecule has 1 N–H and O–H groups in total. The molecule has 4 aromatic rings. The van der Waals surface area contributed by atoms with Gasteiger partial charge in [-0.1, -0.05) is 5.16 Å². The molecule has 2 aromatic heterocycles. The Bertz CT molecular complexity index is 1720. The van der Waals surface area contributed by atoms with Crippen LogP contribution in [0.25, 0.3) is 27.9 Å². The van der Waals surface area contributed by atoms with Gasteiger partial charge in [-0.05, 0) is 24.6 Å². The van der Waals surface area contributed by atoms with E-state index in [0.717, 1.165) is 10.8 Å². The third kappa shape index (κ3) is 4.10. The monoisotopic (exact) mass is 558 g/mol. The van der Waals surface area contributed by atoms with E-state index in [0.29, 0.717) is 22.3 Å². The first-order chi connectivity index (χ1) is 17.9. The number of fused-ring (bicyclic) bond motifs is 2. The number of sulfonamides is 1. The number of nitrogens with zero attached hydrogens (tertiary/aromatic N) is 3. The number of hydrogen-bond acceptors (Lipinski definition) is 6. The zero-order valence-corrected chi connectivity index (χ0v) is 20.6. The highest BCUT2D eigenvalue weighted by Crippen LogP contribution is 2.40. The molecule has 2 aromatic carbocycles. The maximum absolute atomic E-state index is 15.2. The SMILES string of the molecule is CCS(=O)(=O)N[C@@H]1Cn2c(cn(-c3noc4cc(COC)cc(-c5c(F)cc(F)cc5F)c34)c2=O)C1(F)F. The van der Waals surface area contributed by atoms with Crippen molar-refractivity contribution in [2.45, 2.75) is 32.0 Å². The van der Waals surface area contributed by atoms with Crippen LogP contribution in [0.4, 0.5) is 22.0 Å². The highest BCUT2D eigenvalue weighted by Gasteiger charge is 2.52. The molecule has 0 bridgehead atoms. The number of aromatic nitrogens is 3. The van der Waals surface area contributed by atoms with Crippen molar-refractivity contribution in [3.63, 3.8) is 0 Å². The number of rotatable bonds is 7. The number of ether oxygens (including phenoxy) is 1. The standard InChI is InChI=1S/C23H19F5N4O5S/c1-3-38(34,35)30-17-8-31-18(23(17,27)28)9-32(22(31)33)21-20-13(19-14(25)6-12(24)7-15(19)26)4-11(10-36-2)5-16(20)37-29-21/h4-7,9,17,30H,3,8,10H2,1-2H3/t17-/m1/s1. The molecule has 5 rings (SSSR count). The molecule has 0 saturated carbocycles. The number of nitrogens with one attached hydrogen (secondary N) is 1.